The molecule has 0 amide bonds. The number of ether oxygens (including phenoxy) is 1. The van der Waals surface area contributed by atoms with Gasteiger partial charge in [-0.05, 0) is 48.7 Å². The Morgan fingerprint density at radius 1 is 1.03 bits per heavy atom. The Morgan fingerprint density at radius 3 is 2.44 bits per heavy atom. The van der Waals surface area contributed by atoms with Gasteiger partial charge in [-0.15, -0.1) is 0 Å². The Hall–Kier alpha value is -2.87. The van der Waals surface area contributed by atoms with Gasteiger partial charge in [0.05, 0.1) is 18.6 Å². The Morgan fingerprint density at radius 2 is 1.74 bits per heavy atom. The molecule has 1 heterocycles. The van der Waals surface area contributed by atoms with Crippen molar-refractivity contribution in [2.45, 2.75) is 37.2 Å². The third-order valence-corrected chi connectivity index (χ3v) is 8.15. The number of rotatable bonds is 9. The van der Waals surface area contributed by atoms with Crippen LogP contribution in [-0.4, -0.2) is 35.2 Å². The van der Waals surface area contributed by atoms with Gasteiger partial charge in [0.25, 0.3) is 0 Å². The van der Waals surface area contributed by atoms with Crippen molar-refractivity contribution >= 4 is 15.7 Å². The molecule has 6 nitrogen and oxygen atoms in total. The average molecular weight is 480 g/mol. The number of sulfonamides is 1. The lowest BCUT2D eigenvalue weighted by atomic mass is 9.92. The van der Waals surface area contributed by atoms with Gasteiger partial charge in [-0.3, -0.25) is 4.31 Å². The molecule has 1 aliphatic heterocycles. The summed E-state index contributed by atoms with van der Waals surface area (Å²) in [5.74, 6) is 0.696. The fourth-order valence-corrected chi connectivity index (χ4v) is 5.74. The molecular weight excluding hydrogens is 446 g/mol. The van der Waals surface area contributed by atoms with Crippen LogP contribution in [0.1, 0.15) is 35.6 Å². The van der Waals surface area contributed by atoms with Crippen molar-refractivity contribution in [1.82, 2.24) is 10.6 Å². The minimum Gasteiger partial charge on any atom is -0.496 e. The van der Waals surface area contributed by atoms with Crippen LogP contribution in [0.5, 0.6) is 5.75 Å². The second-order valence-corrected chi connectivity index (χ2v) is 10.7. The van der Waals surface area contributed by atoms with E-state index in [4.69, 9.17) is 4.74 Å². The van der Waals surface area contributed by atoms with Gasteiger partial charge in [0.2, 0.25) is 10.0 Å². The van der Waals surface area contributed by atoms with Gasteiger partial charge >= 0.3 is 0 Å². The van der Waals surface area contributed by atoms with Gasteiger partial charge in [0.1, 0.15) is 5.75 Å². The number of nitrogens with zero attached hydrogens (tertiary/aromatic N) is 1. The van der Waals surface area contributed by atoms with Gasteiger partial charge in [0, 0.05) is 31.2 Å². The summed E-state index contributed by atoms with van der Waals surface area (Å²) in [6.07, 6.45) is 2.18. The summed E-state index contributed by atoms with van der Waals surface area (Å²) in [6, 6.07) is 25.8. The van der Waals surface area contributed by atoms with Crippen LogP contribution in [0.4, 0.5) is 5.69 Å². The Balaban J connectivity index is 1.51. The van der Waals surface area contributed by atoms with Crippen LogP contribution in [0.15, 0.2) is 78.9 Å². The molecule has 0 aliphatic carbocycles. The number of anilines is 1. The highest BCUT2D eigenvalue weighted by Gasteiger charge is 2.26. The molecule has 0 saturated carbocycles. The molecule has 3 aromatic carbocycles. The maximum absolute atomic E-state index is 13.0. The smallest absolute Gasteiger partial charge is 0.239 e. The van der Waals surface area contributed by atoms with Gasteiger partial charge in [-0.2, -0.15) is 0 Å². The monoisotopic (exact) mass is 479 g/mol. The van der Waals surface area contributed by atoms with Gasteiger partial charge < -0.3 is 15.4 Å². The van der Waals surface area contributed by atoms with Crippen molar-refractivity contribution in [2.75, 3.05) is 25.0 Å². The summed E-state index contributed by atoms with van der Waals surface area (Å²) in [7, 11) is -0.274. The summed E-state index contributed by atoms with van der Waals surface area (Å²) in [5, 5.41) is 7.34. The number of hydrogen-bond donors (Lipinski definition) is 2. The van der Waals surface area contributed by atoms with Crippen LogP contribution in [0, 0.1) is 0 Å². The summed E-state index contributed by atoms with van der Waals surface area (Å²) < 4.78 is 33.0. The highest BCUT2D eigenvalue weighted by Crippen LogP contribution is 2.29. The van der Waals surface area contributed by atoms with Crippen molar-refractivity contribution in [3.05, 3.63) is 95.6 Å². The standard InChI is InChI=1S/C27H33N3O3S/c1-30(34(31,32)20-21-10-5-3-6-11-21)24-15-16-26(33-2)23(18-24)19-29-25-14-9-17-28-27(25)22-12-7-4-8-13-22/h3-8,10-13,15-16,18,25,27-29H,9,14,17,19-20H2,1-2H3/t25-,27-/m0/s1. The lowest BCUT2D eigenvalue weighted by Crippen LogP contribution is -2.45. The molecule has 0 bridgehead atoms. The van der Waals surface area contributed by atoms with Gasteiger partial charge in [0.15, 0.2) is 0 Å². The zero-order chi connectivity index (χ0) is 24.0. The van der Waals surface area contributed by atoms with E-state index in [2.05, 4.69) is 34.9 Å². The summed E-state index contributed by atoms with van der Waals surface area (Å²) in [6.45, 7) is 1.58. The van der Waals surface area contributed by atoms with Crippen molar-refractivity contribution in [3.8, 4) is 5.75 Å². The Labute approximate surface area is 203 Å². The van der Waals surface area contributed by atoms with E-state index in [0.717, 1.165) is 36.3 Å². The molecule has 0 radical (unpaired) electrons. The summed E-state index contributed by atoms with van der Waals surface area (Å²) >= 11 is 0. The average Bonchev–Trinajstić information content (AvgIpc) is 2.88. The maximum atomic E-state index is 13.0. The largest absolute Gasteiger partial charge is 0.496 e. The molecule has 1 aliphatic rings. The van der Waals surface area contributed by atoms with E-state index in [1.165, 1.54) is 9.87 Å². The van der Waals surface area contributed by atoms with Crippen LogP contribution in [0.25, 0.3) is 0 Å². The fourth-order valence-electron chi connectivity index (χ4n) is 4.50. The highest BCUT2D eigenvalue weighted by atomic mass is 32.2. The van der Waals surface area contributed by atoms with Crippen LogP contribution >= 0.6 is 0 Å². The Kier molecular flexibility index (Phi) is 7.88. The maximum Gasteiger partial charge on any atom is 0.239 e. The van der Waals surface area contributed by atoms with Crippen LogP contribution in [-0.2, 0) is 22.3 Å². The molecule has 7 heteroatoms. The first-order chi connectivity index (χ1) is 16.5. The van der Waals surface area contributed by atoms with E-state index >= 15 is 0 Å². The molecule has 180 valence electrons. The first-order valence-corrected chi connectivity index (χ1v) is 13.3. The second-order valence-electron chi connectivity index (χ2n) is 8.68. The zero-order valence-corrected chi connectivity index (χ0v) is 20.6. The zero-order valence-electron chi connectivity index (χ0n) is 19.8. The van der Waals surface area contributed by atoms with E-state index in [0.29, 0.717) is 12.2 Å². The van der Waals surface area contributed by atoms with Crippen LogP contribution < -0.4 is 19.7 Å². The molecule has 4 rings (SSSR count). The second kappa shape index (κ2) is 11.0. The molecule has 2 N–H and O–H groups in total. The van der Waals surface area contributed by atoms with Gasteiger partial charge in [-0.1, -0.05) is 60.7 Å². The predicted molar refractivity (Wildman–Crippen MR) is 138 cm³/mol. The van der Waals surface area contributed by atoms with E-state index < -0.39 is 10.0 Å². The molecule has 2 atom stereocenters. The van der Waals surface area contributed by atoms with Crippen LogP contribution in [0.2, 0.25) is 0 Å². The van der Waals surface area contributed by atoms with Crippen molar-refractivity contribution in [1.29, 1.82) is 0 Å². The molecule has 1 fully saturated rings. The third kappa shape index (κ3) is 5.78. The van der Waals surface area contributed by atoms with Crippen molar-refractivity contribution in [2.24, 2.45) is 0 Å². The fraction of sp³-hybridized carbons (Fsp3) is 0.333. The molecule has 0 unspecified atom stereocenters. The Bertz CT molecular complexity index is 1170. The van der Waals surface area contributed by atoms with E-state index in [9.17, 15) is 8.42 Å². The summed E-state index contributed by atoms with van der Waals surface area (Å²) in [5.41, 5.74) is 3.59. The number of piperidine rings is 1. The lowest BCUT2D eigenvalue weighted by Gasteiger charge is -2.34. The van der Waals surface area contributed by atoms with Crippen molar-refractivity contribution < 1.29 is 13.2 Å². The third-order valence-electron chi connectivity index (χ3n) is 6.41. The quantitative estimate of drug-likeness (QED) is 0.480. The van der Waals surface area contributed by atoms with Crippen molar-refractivity contribution in [3.63, 3.8) is 0 Å². The summed E-state index contributed by atoms with van der Waals surface area (Å²) in [4.78, 5) is 0. The molecule has 34 heavy (non-hydrogen) atoms. The topological polar surface area (TPSA) is 70.7 Å². The molecule has 0 spiro atoms. The van der Waals surface area contributed by atoms with E-state index in [-0.39, 0.29) is 17.8 Å². The van der Waals surface area contributed by atoms with E-state index in [1.54, 1.807) is 20.2 Å². The lowest BCUT2D eigenvalue weighted by molar-refractivity contribution is 0.303. The minimum atomic E-state index is -3.52. The molecule has 1 saturated heterocycles. The highest BCUT2D eigenvalue weighted by molar-refractivity contribution is 7.92. The number of methoxy groups -OCH3 is 1. The SMILES string of the molecule is COc1ccc(N(C)S(=O)(=O)Cc2ccccc2)cc1CN[C@H]1CCCN[C@H]1c1ccccc1. The van der Waals surface area contributed by atoms with E-state index in [1.807, 2.05) is 48.5 Å². The first kappa shape index (κ1) is 24.3. The number of hydrogen-bond acceptors (Lipinski definition) is 5. The van der Waals surface area contributed by atoms with Crippen LogP contribution in [0.3, 0.4) is 0 Å². The molecular formula is C27H33N3O3S. The number of nitrogens with one attached hydrogen (secondary N) is 2. The van der Waals surface area contributed by atoms with Gasteiger partial charge in [-0.25, -0.2) is 8.42 Å². The normalized spacial score (nSPS) is 18.4. The minimum absolute atomic E-state index is 0.0452. The predicted octanol–water partition coefficient (Wildman–Crippen LogP) is 4.24. The first-order valence-electron chi connectivity index (χ1n) is 11.7. The molecule has 0 aromatic heterocycles. The molecule has 3 aromatic rings. The number of benzene rings is 3.